The van der Waals surface area contributed by atoms with Crippen molar-refractivity contribution in [3.05, 3.63) is 52.3 Å². The fourth-order valence-corrected chi connectivity index (χ4v) is 1.66. The normalized spacial score (nSPS) is 10.2. The summed E-state index contributed by atoms with van der Waals surface area (Å²) in [4.78, 5) is 11.9. The molecule has 1 aromatic heterocycles. The Morgan fingerprint density at radius 3 is 3.06 bits per heavy atom. The molecule has 0 unspecified atom stereocenters. The lowest BCUT2D eigenvalue weighted by atomic mass is 10.1. The van der Waals surface area contributed by atoms with Crippen LogP contribution in [0.25, 0.3) is 0 Å². The van der Waals surface area contributed by atoms with Crippen LogP contribution in [0, 0.1) is 6.92 Å². The third-order valence-electron chi connectivity index (χ3n) is 2.45. The molecule has 0 spiro atoms. The van der Waals surface area contributed by atoms with E-state index in [1.54, 1.807) is 24.5 Å². The highest BCUT2D eigenvalue weighted by molar-refractivity contribution is 6.31. The number of amides is 1. The smallest absolute Gasteiger partial charge is 0.251 e. The molecule has 2 rings (SSSR count). The molecule has 0 radical (unpaired) electrons. The van der Waals surface area contributed by atoms with Gasteiger partial charge < -0.3 is 5.32 Å². The number of nitrogens with zero attached hydrogens (tertiary/aromatic N) is 1. The van der Waals surface area contributed by atoms with Crippen LogP contribution in [0.15, 0.2) is 30.6 Å². The van der Waals surface area contributed by atoms with E-state index in [1.807, 2.05) is 13.0 Å². The van der Waals surface area contributed by atoms with Gasteiger partial charge in [0, 0.05) is 28.9 Å². The Kier molecular flexibility index (Phi) is 3.44. The van der Waals surface area contributed by atoms with Crippen molar-refractivity contribution in [1.82, 2.24) is 15.5 Å². The Morgan fingerprint density at radius 1 is 1.53 bits per heavy atom. The number of aromatic amines is 1. The highest BCUT2D eigenvalue weighted by Crippen LogP contribution is 2.15. The quantitative estimate of drug-likeness (QED) is 0.877. The third kappa shape index (κ3) is 2.85. The van der Waals surface area contributed by atoms with Gasteiger partial charge >= 0.3 is 0 Å². The summed E-state index contributed by atoms with van der Waals surface area (Å²) in [5, 5.41) is 9.87. The van der Waals surface area contributed by atoms with E-state index in [2.05, 4.69) is 15.5 Å². The summed E-state index contributed by atoms with van der Waals surface area (Å²) in [6.45, 7) is 2.32. The molecule has 1 aromatic carbocycles. The molecule has 0 saturated heterocycles. The lowest BCUT2D eigenvalue weighted by Gasteiger charge is -2.07. The van der Waals surface area contributed by atoms with E-state index >= 15 is 0 Å². The van der Waals surface area contributed by atoms with Crippen molar-refractivity contribution in [2.45, 2.75) is 13.5 Å². The van der Waals surface area contributed by atoms with Crippen LogP contribution in [-0.4, -0.2) is 16.1 Å². The first-order valence-electron chi connectivity index (χ1n) is 5.19. The van der Waals surface area contributed by atoms with Crippen molar-refractivity contribution in [2.75, 3.05) is 0 Å². The monoisotopic (exact) mass is 249 g/mol. The number of benzene rings is 1. The molecule has 0 aliphatic heterocycles. The summed E-state index contributed by atoms with van der Waals surface area (Å²) >= 11 is 5.87. The van der Waals surface area contributed by atoms with Gasteiger partial charge in [0.05, 0.1) is 6.20 Å². The Bertz CT molecular complexity index is 523. The SMILES string of the molecule is Cc1ccc(Cl)cc1C(=O)NCc1cn[nH]c1. The molecule has 5 heteroatoms. The predicted molar refractivity (Wildman–Crippen MR) is 65.9 cm³/mol. The van der Waals surface area contributed by atoms with Gasteiger partial charge in [-0.1, -0.05) is 17.7 Å². The Balaban J connectivity index is 2.07. The van der Waals surface area contributed by atoms with Crippen LogP contribution in [0.4, 0.5) is 0 Å². The van der Waals surface area contributed by atoms with E-state index in [0.29, 0.717) is 17.1 Å². The van der Waals surface area contributed by atoms with E-state index in [0.717, 1.165) is 11.1 Å². The molecule has 0 atom stereocenters. The minimum Gasteiger partial charge on any atom is -0.348 e. The summed E-state index contributed by atoms with van der Waals surface area (Å²) in [6, 6.07) is 5.26. The fourth-order valence-electron chi connectivity index (χ4n) is 1.49. The van der Waals surface area contributed by atoms with Gasteiger partial charge in [-0.05, 0) is 24.6 Å². The molecule has 0 saturated carbocycles. The average molecular weight is 250 g/mol. The summed E-state index contributed by atoms with van der Waals surface area (Å²) in [5.74, 6) is -0.133. The van der Waals surface area contributed by atoms with E-state index in [4.69, 9.17) is 11.6 Å². The molecular weight excluding hydrogens is 238 g/mol. The van der Waals surface area contributed by atoms with Gasteiger partial charge in [0.15, 0.2) is 0 Å². The van der Waals surface area contributed by atoms with Crippen molar-refractivity contribution in [3.8, 4) is 0 Å². The number of nitrogens with one attached hydrogen (secondary N) is 2. The zero-order valence-corrected chi connectivity index (χ0v) is 10.1. The van der Waals surface area contributed by atoms with Gasteiger partial charge in [-0.15, -0.1) is 0 Å². The number of H-pyrrole nitrogens is 1. The highest BCUT2D eigenvalue weighted by atomic mass is 35.5. The van der Waals surface area contributed by atoms with Crippen LogP contribution in [0.3, 0.4) is 0 Å². The van der Waals surface area contributed by atoms with Gasteiger partial charge in [0.25, 0.3) is 5.91 Å². The molecule has 1 heterocycles. The topological polar surface area (TPSA) is 57.8 Å². The maximum atomic E-state index is 11.9. The van der Waals surface area contributed by atoms with Gasteiger partial charge in [0.2, 0.25) is 0 Å². The highest BCUT2D eigenvalue weighted by Gasteiger charge is 2.09. The molecular formula is C12H12ClN3O. The summed E-state index contributed by atoms with van der Waals surface area (Å²) < 4.78 is 0. The zero-order valence-electron chi connectivity index (χ0n) is 9.33. The first-order chi connectivity index (χ1) is 8.16. The second-order valence-electron chi connectivity index (χ2n) is 3.75. The average Bonchev–Trinajstić information content (AvgIpc) is 2.82. The van der Waals surface area contributed by atoms with Crippen molar-refractivity contribution in [2.24, 2.45) is 0 Å². The number of rotatable bonds is 3. The van der Waals surface area contributed by atoms with Crippen molar-refractivity contribution < 1.29 is 4.79 Å². The van der Waals surface area contributed by atoms with Gasteiger partial charge in [-0.25, -0.2) is 0 Å². The second kappa shape index (κ2) is 5.01. The maximum Gasteiger partial charge on any atom is 0.251 e. The molecule has 0 bridgehead atoms. The number of hydrogen-bond donors (Lipinski definition) is 2. The van der Waals surface area contributed by atoms with Crippen LogP contribution < -0.4 is 5.32 Å². The Morgan fingerprint density at radius 2 is 2.35 bits per heavy atom. The van der Waals surface area contributed by atoms with E-state index < -0.39 is 0 Å². The van der Waals surface area contributed by atoms with Gasteiger partial charge in [-0.3, -0.25) is 9.89 Å². The molecule has 0 fully saturated rings. The molecule has 0 aliphatic carbocycles. The number of halogens is 1. The van der Waals surface area contributed by atoms with Crippen LogP contribution in [0.5, 0.6) is 0 Å². The van der Waals surface area contributed by atoms with Crippen LogP contribution in [-0.2, 0) is 6.54 Å². The zero-order chi connectivity index (χ0) is 12.3. The van der Waals surface area contributed by atoms with Gasteiger partial charge in [-0.2, -0.15) is 5.10 Å². The Labute approximate surface area is 104 Å². The number of carbonyl (C=O) groups is 1. The van der Waals surface area contributed by atoms with Gasteiger partial charge in [0.1, 0.15) is 0 Å². The molecule has 1 amide bonds. The predicted octanol–water partition coefficient (Wildman–Crippen LogP) is 2.30. The summed E-state index contributed by atoms with van der Waals surface area (Å²) in [7, 11) is 0. The molecule has 2 aromatic rings. The number of aromatic nitrogens is 2. The summed E-state index contributed by atoms with van der Waals surface area (Å²) in [5.41, 5.74) is 2.43. The maximum absolute atomic E-state index is 11.9. The lowest BCUT2D eigenvalue weighted by molar-refractivity contribution is 0.0950. The van der Waals surface area contributed by atoms with E-state index in [-0.39, 0.29) is 5.91 Å². The molecule has 2 N–H and O–H groups in total. The minimum atomic E-state index is -0.133. The molecule has 0 aliphatic rings. The summed E-state index contributed by atoms with van der Waals surface area (Å²) in [6.07, 6.45) is 3.41. The molecule has 4 nitrogen and oxygen atoms in total. The number of carbonyl (C=O) groups excluding carboxylic acids is 1. The standard InChI is InChI=1S/C12H12ClN3O/c1-8-2-3-10(13)4-11(8)12(17)14-5-9-6-15-16-7-9/h2-4,6-7H,5H2,1H3,(H,14,17)(H,15,16). The fraction of sp³-hybridized carbons (Fsp3) is 0.167. The number of aryl methyl sites for hydroxylation is 1. The van der Waals surface area contributed by atoms with E-state index in [9.17, 15) is 4.79 Å². The van der Waals surface area contributed by atoms with Crippen LogP contribution in [0.2, 0.25) is 5.02 Å². The third-order valence-corrected chi connectivity index (χ3v) is 2.69. The van der Waals surface area contributed by atoms with Crippen LogP contribution >= 0.6 is 11.6 Å². The van der Waals surface area contributed by atoms with Crippen molar-refractivity contribution in [3.63, 3.8) is 0 Å². The minimum absolute atomic E-state index is 0.133. The van der Waals surface area contributed by atoms with Crippen molar-refractivity contribution >= 4 is 17.5 Å². The van der Waals surface area contributed by atoms with Crippen molar-refractivity contribution in [1.29, 1.82) is 0 Å². The lowest BCUT2D eigenvalue weighted by Crippen LogP contribution is -2.23. The number of hydrogen-bond acceptors (Lipinski definition) is 2. The first kappa shape index (κ1) is 11.7. The Hall–Kier alpha value is -1.81. The second-order valence-corrected chi connectivity index (χ2v) is 4.18. The van der Waals surface area contributed by atoms with E-state index in [1.165, 1.54) is 0 Å². The largest absolute Gasteiger partial charge is 0.348 e. The molecule has 88 valence electrons. The first-order valence-corrected chi connectivity index (χ1v) is 5.56. The van der Waals surface area contributed by atoms with Crippen LogP contribution in [0.1, 0.15) is 21.5 Å². The molecule has 17 heavy (non-hydrogen) atoms.